The fourth-order valence-electron chi connectivity index (χ4n) is 1.68. The standard InChI is InChI=1S/C10H18N2/c1-3-9(2)12-6-4-10(8-11)5-7-12/h1,9-10H,4-8,11H2,2H3. The molecule has 68 valence electrons. The lowest BCUT2D eigenvalue weighted by molar-refractivity contribution is 0.169. The van der Waals surface area contributed by atoms with Gasteiger partial charge in [-0.1, -0.05) is 5.92 Å². The maximum Gasteiger partial charge on any atom is 0.0683 e. The van der Waals surface area contributed by atoms with E-state index in [-0.39, 0.29) is 0 Å². The molecule has 2 N–H and O–H groups in total. The average Bonchev–Trinajstić information content (AvgIpc) is 2.17. The van der Waals surface area contributed by atoms with Crippen molar-refractivity contribution in [2.24, 2.45) is 11.7 Å². The maximum absolute atomic E-state index is 5.60. The summed E-state index contributed by atoms with van der Waals surface area (Å²) in [5.74, 6) is 3.49. The van der Waals surface area contributed by atoms with E-state index in [2.05, 4.69) is 17.7 Å². The van der Waals surface area contributed by atoms with Crippen LogP contribution in [0.15, 0.2) is 0 Å². The number of piperidine rings is 1. The molecule has 0 aliphatic carbocycles. The first kappa shape index (κ1) is 9.57. The molecule has 1 saturated heterocycles. The molecule has 0 radical (unpaired) electrons. The Bertz CT molecular complexity index is 163. The zero-order valence-corrected chi connectivity index (χ0v) is 7.79. The van der Waals surface area contributed by atoms with Crippen LogP contribution in [0.25, 0.3) is 0 Å². The zero-order chi connectivity index (χ0) is 8.97. The Labute approximate surface area is 75.1 Å². The van der Waals surface area contributed by atoms with Crippen molar-refractivity contribution in [1.82, 2.24) is 4.90 Å². The minimum Gasteiger partial charge on any atom is -0.330 e. The van der Waals surface area contributed by atoms with Gasteiger partial charge < -0.3 is 5.73 Å². The Hall–Kier alpha value is -0.520. The topological polar surface area (TPSA) is 29.3 Å². The highest BCUT2D eigenvalue weighted by Gasteiger charge is 2.20. The van der Waals surface area contributed by atoms with E-state index in [1.807, 2.05) is 0 Å². The lowest BCUT2D eigenvalue weighted by Gasteiger charge is -2.33. The van der Waals surface area contributed by atoms with Gasteiger partial charge in [-0.3, -0.25) is 4.90 Å². The number of hydrogen-bond acceptors (Lipinski definition) is 2. The van der Waals surface area contributed by atoms with Crippen molar-refractivity contribution in [3.63, 3.8) is 0 Å². The van der Waals surface area contributed by atoms with Crippen LogP contribution in [0.5, 0.6) is 0 Å². The highest BCUT2D eigenvalue weighted by atomic mass is 15.1. The fourth-order valence-corrected chi connectivity index (χ4v) is 1.68. The van der Waals surface area contributed by atoms with Crippen molar-refractivity contribution in [3.8, 4) is 12.3 Å². The van der Waals surface area contributed by atoms with Gasteiger partial charge in [-0.05, 0) is 45.3 Å². The molecule has 0 saturated carbocycles. The van der Waals surface area contributed by atoms with E-state index < -0.39 is 0 Å². The molecule has 1 aliphatic heterocycles. The predicted molar refractivity (Wildman–Crippen MR) is 51.6 cm³/mol. The van der Waals surface area contributed by atoms with Crippen molar-refractivity contribution in [2.75, 3.05) is 19.6 Å². The second kappa shape index (κ2) is 4.49. The molecule has 0 spiro atoms. The molecule has 2 heteroatoms. The molecule has 1 heterocycles. The number of hydrogen-bond donors (Lipinski definition) is 1. The Kier molecular flexibility index (Phi) is 3.58. The first-order valence-electron chi connectivity index (χ1n) is 4.68. The summed E-state index contributed by atoms with van der Waals surface area (Å²) in [7, 11) is 0. The lowest BCUT2D eigenvalue weighted by Crippen LogP contribution is -2.40. The van der Waals surface area contributed by atoms with Crippen LogP contribution in [0, 0.1) is 18.3 Å². The Balaban J connectivity index is 2.31. The van der Waals surface area contributed by atoms with Crippen LogP contribution in [0.4, 0.5) is 0 Å². The molecule has 0 amide bonds. The molecule has 1 unspecified atom stereocenters. The summed E-state index contributed by atoms with van der Waals surface area (Å²) in [6.07, 6.45) is 7.78. The molecule has 0 bridgehead atoms. The number of rotatable bonds is 2. The minimum absolute atomic E-state index is 0.295. The van der Waals surface area contributed by atoms with E-state index in [0.29, 0.717) is 6.04 Å². The van der Waals surface area contributed by atoms with Crippen LogP contribution in [0.1, 0.15) is 19.8 Å². The van der Waals surface area contributed by atoms with E-state index in [0.717, 1.165) is 25.6 Å². The van der Waals surface area contributed by atoms with Crippen molar-refractivity contribution in [2.45, 2.75) is 25.8 Å². The molecule has 2 nitrogen and oxygen atoms in total. The summed E-state index contributed by atoms with van der Waals surface area (Å²) in [5, 5.41) is 0. The Morgan fingerprint density at radius 2 is 2.17 bits per heavy atom. The van der Waals surface area contributed by atoms with Crippen LogP contribution >= 0.6 is 0 Å². The molecule has 1 aliphatic rings. The second-order valence-corrected chi connectivity index (χ2v) is 3.56. The molecule has 0 aromatic rings. The van der Waals surface area contributed by atoms with Crippen LogP contribution in [0.3, 0.4) is 0 Å². The summed E-state index contributed by atoms with van der Waals surface area (Å²) >= 11 is 0. The Morgan fingerprint density at radius 1 is 1.58 bits per heavy atom. The normalized spacial score (nSPS) is 23.4. The molecule has 1 fully saturated rings. The van der Waals surface area contributed by atoms with Gasteiger partial charge in [-0.25, -0.2) is 0 Å². The van der Waals surface area contributed by atoms with Crippen LogP contribution in [-0.4, -0.2) is 30.6 Å². The van der Waals surface area contributed by atoms with Crippen molar-refractivity contribution >= 4 is 0 Å². The van der Waals surface area contributed by atoms with Gasteiger partial charge in [0, 0.05) is 0 Å². The summed E-state index contributed by atoms with van der Waals surface area (Å²) < 4.78 is 0. The smallest absolute Gasteiger partial charge is 0.0683 e. The van der Waals surface area contributed by atoms with Gasteiger partial charge in [-0.2, -0.15) is 0 Å². The number of likely N-dealkylation sites (tertiary alicyclic amines) is 1. The van der Waals surface area contributed by atoms with E-state index >= 15 is 0 Å². The van der Waals surface area contributed by atoms with Crippen molar-refractivity contribution in [1.29, 1.82) is 0 Å². The first-order chi connectivity index (χ1) is 5.77. The third-order valence-corrected chi connectivity index (χ3v) is 2.77. The van der Waals surface area contributed by atoms with Gasteiger partial charge in [-0.15, -0.1) is 6.42 Å². The average molecular weight is 166 g/mol. The van der Waals surface area contributed by atoms with Crippen molar-refractivity contribution in [3.05, 3.63) is 0 Å². The highest BCUT2D eigenvalue weighted by Crippen LogP contribution is 2.17. The zero-order valence-electron chi connectivity index (χ0n) is 7.79. The summed E-state index contributed by atoms with van der Waals surface area (Å²) in [4.78, 5) is 2.35. The molecule has 1 rings (SSSR count). The molecule has 1 atom stereocenters. The fraction of sp³-hybridized carbons (Fsp3) is 0.800. The van der Waals surface area contributed by atoms with Gasteiger partial charge in [0.15, 0.2) is 0 Å². The van der Waals surface area contributed by atoms with Crippen molar-refractivity contribution < 1.29 is 0 Å². The summed E-state index contributed by atoms with van der Waals surface area (Å²) in [6, 6.07) is 0.295. The van der Waals surface area contributed by atoms with E-state index in [1.54, 1.807) is 0 Å². The quantitative estimate of drug-likeness (QED) is 0.611. The summed E-state index contributed by atoms with van der Waals surface area (Å²) in [5.41, 5.74) is 5.60. The molecule has 0 aromatic heterocycles. The Morgan fingerprint density at radius 3 is 2.58 bits per heavy atom. The highest BCUT2D eigenvalue weighted by molar-refractivity contribution is 4.98. The third kappa shape index (κ3) is 2.23. The van der Waals surface area contributed by atoms with E-state index in [4.69, 9.17) is 12.2 Å². The SMILES string of the molecule is C#CC(C)N1CCC(CN)CC1. The number of terminal acetylenes is 1. The molecular weight excluding hydrogens is 148 g/mol. The van der Waals surface area contributed by atoms with Crippen LogP contribution < -0.4 is 5.73 Å². The van der Waals surface area contributed by atoms with E-state index in [9.17, 15) is 0 Å². The van der Waals surface area contributed by atoms with Gasteiger partial charge in [0.05, 0.1) is 6.04 Å². The molecule has 12 heavy (non-hydrogen) atoms. The predicted octanol–water partition coefficient (Wildman–Crippen LogP) is 0.679. The number of nitrogens with zero attached hydrogens (tertiary/aromatic N) is 1. The number of nitrogens with two attached hydrogens (primary N) is 1. The molecule has 0 aromatic carbocycles. The van der Waals surface area contributed by atoms with Gasteiger partial charge >= 0.3 is 0 Å². The third-order valence-electron chi connectivity index (χ3n) is 2.77. The van der Waals surface area contributed by atoms with Gasteiger partial charge in [0.2, 0.25) is 0 Å². The largest absolute Gasteiger partial charge is 0.330 e. The van der Waals surface area contributed by atoms with E-state index in [1.165, 1.54) is 12.8 Å². The minimum atomic E-state index is 0.295. The van der Waals surface area contributed by atoms with Crippen LogP contribution in [0.2, 0.25) is 0 Å². The van der Waals surface area contributed by atoms with Crippen LogP contribution in [-0.2, 0) is 0 Å². The molecular formula is C10H18N2. The summed E-state index contributed by atoms with van der Waals surface area (Å²) in [6.45, 7) is 5.15. The maximum atomic E-state index is 5.60. The lowest BCUT2D eigenvalue weighted by atomic mass is 9.96. The monoisotopic (exact) mass is 166 g/mol. The second-order valence-electron chi connectivity index (χ2n) is 3.56. The van der Waals surface area contributed by atoms with Gasteiger partial charge in [0.1, 0.15) is 0 Å². The van der Waals surface area contributed by atoms with Gasteiger partial charge in [0.25, 0.3) is 0 Å². The first-order valence-corrected chi connectivity index (χ1v) is 4.68.